The molecule has 2 nitrogen and oxygen atoms in total. The molecule has 1 heterocycles. The average Bonchev–Trinajstić information content (AvgIpc) is 2.49. The van der Waals surface area contributed by atoms with Crippen LogP contribution < -0.4 is 5.73 Å². The highest BCUT2D eigenvalue weighted by Gasteiger charge is 2.17. The molecule has 4 heteroatoms. The van der Waals surface area contributed by atoms with Crippen LogP contribution in [-0.2, 0) is 0 Å². The Morgan fingerprint density at radius 2 is 1.80 bits per heavy atom. The average molecular weight is 287 g/mol. The molecule has 2 N–H and O–H groups in total. The van der Waals surface area contributed by atoms with E-state index in [2.05, 4.69) is 4.98 Å². The van der Waals surface area contributed by atoms with E-state index in [4.69, 9.17) is 17.3 Å². The molecular weight excluding hydrogens is 275 g/mol. The second-order valence-corrected chi connectivity index (χ2v) is 4.95. The first-order valence-electron chi connectivity index (χ1n) is 6.20. The van der Waals surface area contributed by atoms with Gasteiger partial charge >= 0.3 is 0 Å². The monoisotopic (exact) mass is 286 g/mol. The summed E-state index contributed by atoms with van der Waals surface area (Å²) in [6.07, 6.45) is 3.48. The highest BCUT2D eigenvalue weighted by atomic mass is 35.5. The number of fused-ring (bicyclic) bond motifs is 1. The summed E-state index contributed by atoms with van der Waals surface area (Å²) in [5.41, 5.74) is 7.65. The van der Waals surface area contributed by atoms with Crippen molar-refractivity contribution in [2.45, 2.75) is 6.04 Å². The van der Waals surface area contributed by atoms with Crippen LogP contribution >= 0.6 is 11.6 Å². The molecule has 3 rings (SSSR count). The number of hydrogen-bond donors (Lipinski definition) is 1. The van der Waals surface area contributed by atoms with Gasteiger partial charge < -0.3 is 5.73 Å². The van der Waals surface area contributed by atoms with Gasteiger partial charge in [0.15, 0.2) is 0 Å². The zero-order valence-electron chi connectivity index (χ0n) is 10.6. The third-order valence-electron chi connectivity index (χ3n) is 3.35. The normalized spacial score (nSPS) is 12.6. The fourth-order valence-corrected chi connectivity index (χ4v) is 2.56. The predicted octanol–water partition coefficient (Wildman–Crippen LogP) is 4.08. The smallest absolute Gasteiger partial charge is 0.142 e. The zero-order valence-corrected chi connectivity index (χ0v) is 11.3. The number of benzene rings is 2. The van der Waals surface area contributed by atoms with Crippen molar-refractivity contribution < 1.29 is 4.39 Å². The molecule has 0 aliphatic rings. The van der Waals surface area contributed by atoms with Gasteiger partial charge in [0.2, 0.25) is 0 Å². The Morgan fingerprint density at radius 3 is 2.65 bits per heavy atom. The van der Waals surface area contributed by atoms with Gasteiger partial charge in [0.05, 0.1) is 11.1 Å². The van der Waals surface area contributed by atoms with Gasteiger partial charge in [-0.1, -0.05) is 48.0 Å². The van der Waals surface area contributed by atoms with E-state index in [0.717, 1.165) is 16.3 Å². The molecule has 0 bridgehead atoms. The molecule has 1 aromatic heterocycles. The lowest BCUT2D eigenvalue weighted by molar-refractivity contribution is 0.624. The largest absolute Gasteiger partial charge is 0.320 e. The van der Waals surface area contributed by atoms with Crippen molar-refractivity contribution in [3.05, 3.63) is 76.8 Å². The van der Waals surface area contributed by atoms with E-state index in [1.165, 1.54) is 6.07 Å². The van der Waals surface area contributed by atoms with Gasteiger partial charge in [-0.25, -0.2) is 4.39 Å². The zero-order chi connectivity index (χ0) is 14.1. The van der Waals surface area contributed by atoms with Crippen molar-refractivity contribution in [1.29, 1.82) is 0 Å². The van der Waals surface area contributed by atoms with Crippen LogP contribution in [0.4, 0.5) is 4.39 Å². The minimum atomic E-state index is -0.517. The lowest BCUT2D eigenvalue weighted by atomic mass is 9.96. The molecule has 100 valence electrons. The number of pyridine rings is 1. The van der Waals surface area contributed by atoms with Crippen LogP contribution in [0.5, 0.6) is 0 Å². The van der Waals surface area contributed by atoms with Crippen molar-refractivity contribution in [2.75, 3.05) is 0 Å². The van der Waals surface area contributed by atoms with Gasteiger partial charge in [-0.2, -0.15) is 0 Å². The summed E-state index contributed by atoms with van der Waals surface area (Å²) in [6, 6.07) is 12.0. The van der Waals surface area contributed by atoms with Gasteiger partial charge in [0.25, 0.3) is 0 Å². The molecule has 0 saturated heterocycles. The summed E-state index contributed by atoms with van der Waals surface area (Å²) in [6.45, 7) is 0. The molecule has 0 radical (unpaired) electrons. The van der Waals surface area contributed by atoms with Gasteiger partial charge in [0.1, 0.15) is 5.82 Å². The first-order chi connectivity index (χ1) is 9.68. The summed E-state index contributed by atoms with van der Waals surface area (Å²) in [5, 5.41) is 2.05. The summed E-state index contributed by atoms with van der Waals surface area (Å²) in [5.74, 6) is -0.465. The molecular formula is C16H12ClFN2. The molecule has 0 saturated carbocycles. The molecule has 0 amide bonds. The summed E-state index contributed by atoms with van der Waals surface area (Å²) < 4.78 is 13.6. The Bertz CT molecular complexity index is 768. The van der Waals surface area contributed by atoms with Crippen molar-refractivity contribution in [3.8, 4) is 0 Å². The van der Waals surface area contributed by atoms with E-state index in [-0.39, 0.29) is 5.02 Å². The van der Waals surface area contributed by atoms with Crippen LogP contribution in [0.2, 0.25) is 5.02 Å². The number of rotatable bonds is 2. The van der Waals surface area contributed by atoms with E-state index in [1.54, 1.807) is 24.5 Å². The van der Waals surface area contributed by atoms with Gasteiger partial charge in [-0.3, -0.25) is 4.98 Å². The van der Waals surface area contributed by atoms with Crippen LogP contribution in [-0.4, -0.2) is 4.98 Å². The van der Waals surface area contributed by atoms with Crippen LogP contribution in [0.25, 0.3) is 10.8 Å². The highest BCUT2D eigenvalue weighted by Crippen LogP contribution is 2.31. The number of halogens is 2. The van der Waals surface area contributed by atoms with Crippen LogP contribution in [0.1, 0.15) is 17.2 Å². The van der Waals surface area contributed by atoms with Crippen LogP contribution in [0, 0.1) is 5.82 Å². The quantitative estimate of drug-likeness (QED) is 0.771. The maximum absolute atomic E-state index is 13.6. The lowest BCUT2D eigenvalue weighted by Crippen LogP contribution is -2.13. The molecule has 2 aromatic carbocycles. The van der Waals surface area contributed by atoms with Crippen molar-refractivity contribution in [3.63, 3.8) is 0 Å². The van der Waals surface area contributed by atoms with Crippen molar-refractivity contribution in [2.24, 2.45) is 5.73 Å². The van der Waals surface area contributed by atoms with Crippen molar-refractivity contribution >= 4 is 22.4 Å². The summed E-state index contributed by atoms with van der Waals surface area (Å²) in [4.78, 5) is 4.19. The maximum atomic E-state index is 13.6. The van der Waals surface area contributed by atoms with Gasteiger partial charge in [-0.05, 0) is 22.6 Å². The molecule has 3 aromatic rings. The molecule has 20 heavy (non-hydrogen) atoms. The van der Waals surface area contributed by atoms with E-state index >= 15 is 0 Å². The Balaban J connectivity index is 2.18. The topological polar surface area (TPSA) is 38.9 Å². The standard InChI is InChI=1S/C16H12ClFN2/c17-15-12(6-3-7-14(15)18)16(19)13-9-20-8-10-4-1-2-5-11(10)13/h1-9,16H,19H2. The first kappa shape index (κ1) is 13.0. The second-order valence-electron chi connectivity index (χ2n) is 4.57. The van der Waals surface area contributed by atoms with Crippen LogP contribution in [0.15, 0.2) is 54.9 Å². The minimum absolute atomic E-state index is 0.0629. The highest BCUT2D eigenvalue weighted by molar-refractivity contribution is 6.31. The van der Waals surface area contributed by atoms with E-state index in [0.29, 0.717) is 5.56 Å². The number of aromatic nitrogens is 1. The Hall–Kier alpha value is -1.97. The van der Waals surface area contributed by atoms with Gasteiger partial charge in [0, 0.05) is 17.8 Å². The van der Waals surface area contributed by atoms with E-state index in [1.807, 2.05) is 24.3 Å². The second kappa shape index (κ2) is 5.19. The fraction of sp³-hybridized carbons (Fsp3) is 0.0625. The Morgan fingerprint density at radius 1 is 1.00 bits per heavy atom. The van der Waals surface area contributed by atoms with Crippen molar-refractivity contribution in [1.82, 2.24) is 4.98 Å². The SMILES string of the molecule is NC(c1cccc(F)c1Cl)c1cncc2ccccc12. The third-order valence-corrected chi connectivity index (χ3v) is 3.75. The number of nitrogens with zero attached hydrogens (tertiary/aromatic N) is 1. The molecule has 0 aliphatic carbocycles. The molecule has 1 atom stereocenters. The molecule has 0 aliphatic heterocycles. The summed E-state index contributed by atoms with van der Waals surface area (Å²) in [7, 11) is 0. The third kappa shape index (κ3) is 2.15. The Labute approximate surface area is 121 Å². The fourth-order valence-electron chi connectivity index (χ4n) is 2.32. The number of nitrogens with two attached hydrogens (primary N) is 1. The van der Waals surface area contributed by atoms with E-state index in [9.17, 15) is 4.39 Å². The Kier molecular flexibility index (Phi) is 3.38. The van der Waals surface area contributed by atoms with E-state index < -0.39 is 11.9 Å². The van der Waals surface area contributed by atoms with Crippen LogP contribution in [0.3, 0.4) is 0 Å². The minimum Gasteiger partial charge on any atom is -0.320 e. The first-order valence-corrected chi connectivity index (χ1v) is 6.58. The predicted molar refractivity (Wildman–Crippen MR) is 79.2 cm³/mol. The molecule has 1 unspecified atom stereocenters. The maximum Gasteiger partial charge on any atom is 0.142 e. The number of hydrogen-bond acceptors (Lipinski definition) is 2. The molecule has 0 spiro atoms. The van der Waals surface area contributed by atoms with Gasteiger partial charge in [-0.15, -0.1) is 0 Å². The lowest BCUT2D eigenvalue weighted by Gasteiger charge is -2.16. The summed E-state index contributed by atoms with van der Waals surface area (Å²) >= 11 is 6.01. The molecule has 0 fully saturated rings.